The number of carbonyl (C=O) groups is 1. The quantitative estimate of drug-likeness (QED) is 0.788. The van der Waals surface area contributed by atoms with Crippen LogP contribution in [0.3, 0.4) is 0 Å². The Balaban J connectivity index is 2.11. The van der Waals surface area contributed by atoms with Gasteiger partial charge in [-0.1, -0.05) is 18.2 Å². The Morgan fingerprint density at radius 3 is 2.76 bits per heavy atom. The number of nitrogens with zero attached hydrogens (tertiary/aromatic N) is 1. The predicted molar refractivity (Wildman–Crippen MR) is 65.9 cm³/mol. The molecule has 0 spiro atoms. The second kappa shape index (κ2) is 5.80. The lowest BCUT2D eigenvalue weighted by Gasteiger charge is -2.27. The van der Waals surface area contributed by atoms with Gasteiger partial charge in [-0.25, -0.2) is 4.79 Å². The van der Waals surface area contributed by atoms with E-state index in [2.05, 4.69) is 10.2 Å². The van der Waals surface area contributed by atoms with Crippen molar-refractivity contribution in [2.24, 2.45) is 0 Å². The van der Waals surface area contributed by atoms with Gasteiger partial charge in [-0.3, -0.25) is 4.90 Å². The summed E-state index contributed by atoms with van der Waals surface area (Å²) >= 11 is 0. The normalized spacial score (nSPS) is 16.8. The summed E-state index contributed by atoms with van der Waals surface area (Å²) in [5.74, 6) is -0.254. The summed E-state index contributed by atoms with van der Waals surface area (Å²) in [6, 6.07) is 7.65. The first-order valence-electron chi connectivity index (χ1n) is 5.90. The van der Waals surface area contributed by atoms with Gasteiger partial charge in [0.05, 0.1) is 12.7 Å². The highest BCUT2D eigenvalue weighted by atomic mass is 16.5. The molecule has 0 saturated carbocycles. The smallest absolute Gasteiger partial charge is 0.338 e. The number of hydrogen-bond acceptors (Lipinski definition) is 4. The summed E-state index contributed by atoms with van der Waals surface area (Å²) < 4.78 is 4.80. The fourth-order valence-electron chi connectivity index (χ4n) is 2.08. The topological polar surface area (TPSA) is 41.6 Å². The molecule has 1 N–H and O–H groups in total. The van der Waals surface area contributed by atoms with Crippen LogP contribution < -0.4 is 5.32 Å². The lowest BCUT2D eigenvalue weighted by atomic mass is 10.1. The first-order chi connectivity index (χ1) is 8.31. The van der Waals surface area contributed by atoms with Crippen molar-refractivity contribution in [3.8, 4) is 0 Å². The van der Waals surface area contributed by atoms with Crippen molar-refractivity contribution < 1.29 is 9.53 Å². The molecule has 0 aromatic heterocycles. The van der Waals surface area contributed by atoms with Crippen molar-refractivity contribution in [2.45, 2.75) is 6.54 Å². The molecule has 1 aromatic rings. The first kappa shape index (κ1) is 12.1. The van der Waals surface area contributed by atoms with E-state index in [1.165, 1.54) is 7.11 Å². The minimum absolute atomic E-state index is 0.254. The monoisotopic (exact) mass is 234 g/mol. The molecule has 92 valence electrons. The molecule has 1 saturated heterocycles. The molecule has 0 aliphatic carbocycles. The fourth-order valence-corrected chi connectivity index (χ4v) is 2.08. The first-order valence-corrected chi connectivity index (χ1v) is 5.90. The minimum Gasteiger partial charge on any atom is -0.465 e. The van der Waals surface area contributed by atoms with E-state index < -0.39 is 0 Å². The van der Waals surface area contributed by atoms with Crippen LogP contribution in [0.1, 0.15) is 15.9 Å². The maximum absolute atomic E-state index is 11.6. The molecule has 1 fully saturated rings. The molecule has 1 aromatic carbocycles. The van der Waals surface area contributed by atoms with Crippen LogP contribution in [0.15, 0.2) is 24.3 Å². The maximum Gasteiger partial charge on any atom is 0.338 e. The third-order valence-corrected chi connectivity index (χ3v) is 3.03. The third-order valence-electron chi connectivity index (χ3n) is 3.03. The van der Waals surface area contributed by atoms with E-state index in [4.69, 9.17) is 4.74 Å². The number of esters is 1. The van der Waals surface area contributed by atoms with Crippen LogP contribution in [-0.4, -0.2) is 44.2 Å². The summed E-state index contributed by atoms with van der Waals surface area (Å²) in [7, 11) is 1.42. The van der Waals surface area contributed by atoms with Gasteiger partial charge in [0.15, 0.2) is 0 Å². The largest absolute Gasteiger partial charge is 0.465 e. The van der Waals surface area contributed by atoms with Crippen molar-refractivity contribution in [1.29, 1.82) is 0 Å². The van der Waals surface area contributed by atoms with Gasteiger partial charge < -0.3 is 10.1 Å². The summed E-state index contributed by atoms with van der Waals surface area (Å²) in [5, 5.41) is 3.32. The zero-order chi connectivity index (χ0) is 12.1. The number of ether oxygens (including phenoxy) is 1. The van der Waals surface area contributed by atoms with Crippen LogP contribution in [0.4, 0.5) is 0 Å². The molecular weight excluding hydrogens is 216 g/mol. The zero-order valence-corrected chi connectivity index (χ0v) is 10.1. The second-order valence-electron chi connectivity index (χ2n) is 4.17. The number of methoxy groups -OCH3 is 1. The lowest BCUT2D eigenvalue weighted by molar-refractivity contribution is 0.0598. The number of carbonyl (C=O) groups excluding carboxylic acids is 1. The summed E-state index contributed by atoms with van der Waals surface area (Å²) in [6.45, 7) is 4.89. The van der Waals surface area contributed by atoms with Crippen LogP contribution in [0.2, 0.25) is 0 Å². The zero-order valence-electron chi connectivity index (χ0n) is 10.1. The Kier molecular flexibility index (Phi) is 4.12. The van der Waals surface area contributed by atoms with E-state index in [0.717, 1.165) is 38.3 Å². The number of piperazine rings is 1. The van der Waals surface area contributed by atoms with Gasteiger partial charge in [-0.15, -0.1) is 0 Å². The van der Waals surface area contributed by atoms with E-state index >= 15 is 0 Å². The van der Waals surface area contributed by atoms with Gasteiger partial charge in [0, 0.05) is 32.7 Å². The van der Waals surface area contributed by atoms with Crippen LogP contribution >= 0.6 is 0 Å². The van der Waals surface area contributed by atoms with Crippen molar-refractivity contribution in [1.82, 2.24) is 10.2 Å². The minimum atomic E-state index is -0.254. The highest BCUT2D eigenvalue weighted by Crippen LogP contribution is 2.13. The fraction of sp³-hybridized carbons (Fsp3) is 0.462. The molecule has 1 heterocycles. The Labute approximate surface area is 102 Å². The van der Waals surface area contributed by atoms with E-state index in [1.807, 2.05) is 24.3 Å². The van der Waals surface area contributed by atoms with Gasteiger partial charge in [0.25, 0.3) is 0 Å². The molecule has 1 aliphatic rings. The summed E-state index contributed by atoms with van der Waals surface area (Å²) in [5.41, 5.74) is 1.72. The standard InChI is InChI=1S/C13H18N2O2/c1-17-13(16)12-5-3-2-4-11(12)10-15-8-6-14-7-9-15/h2-5,14H,6-10H2,1H3. The van der Waals surface area contributed by atoms with Gasteiger partial charge in [0.2, 0.25) is 0 Å². The Morgan fingerprint density at radius 2 is 2.06 bits per heavy atom. The van der Waals surface area contributed by atoms with Crippen molar-refractivity contribution >= 4 is 5.97 Å². The number of nitrogens with one attached hydrogen (secondary N) is 1. The SMILES string of the molecule is COC(=O)c1ccccc1CN1CCNCC1. The number of hydrogen-bond donors (Lipinski definition) is 1. The molecule has 0 unspecified atom stereocenters. The second-order valence-corrected chi connectivity index (χ2v) is 4.17. The molecule has 4 nitrogen and oxygen atoms in total. The van der Waals surface area contributed by atoms with Gasteiger partial charge in [-0.2, -0.15) is 0 Å². The van der Waals surface area contributed by atoms with Crippen molar-refractivity contribution in [3.05, 3.63) is 35.4 Å². The van der Waals surface area contributed by atoms with Crippen LogP contribution in [0.5, 0.6) is 0 Å². The van der Waals surface area contributed by atoms with Crippen LogP contribution in [0.25, 0.3) is 0 Å². The summed E-state index contributed by atoms with van der Waals surface area (Å²) in [4.78, 5) is 14.0. The Morgan fingerprint density at radius 1 is 1.35 bits per heavy atom. The van der Waals surface area contributed by atoms with E-state index in [-0.39, 0.29) is 5.97 Å². The lowest BCUT2D eigenvalue weighted by Crippen LogP contribution is -2.43. The molecule has 0 radical (unpaired) electrons. The van der Waals surface area contributed by atoms with Gasteiger partial charge in [0.1, 0.15) is 0 Å². The molecule has 17 heavy (non-hydrogen) atoms. The third kappa shape index (κ3) is 3.05. The molecule has 4 heteroatoms. The molecule has 0 amide bonds. The van der Waals surface area contributed by atoms with Crippen molar-refractivity contribution in [2.75, 3.05) is 33.3 Å². The average molecular weight is 234 g/mol. The van der Waals surface area contributed by atoms with E-state index in [9.17, 15) is 4.79 Å². The highest BCUT2D eigenvalue weighted by molar-refractivity contribution is 5.90. The van der Waals surface area contributed by atoms with E-state index in [0.29, 0.717) is 5.56 Å². The predicted octanol–water partition coefficient (Wildman–Crippen LogP) is 0.878. The highest BCUT2D eigenvalue weighted by Gasteiger charge is 2.15. The Bertz CT molecular complexity index is 387. The summed E-state index contributed by atoms with van der Waals surface area (Å²) in [6.07, 6.45) is 0. The molecule has 2 rings (SSSR count). The van der Waals surface area contributed by atoms with Crippen LogP contribution in [0, 0.1) is 0 Å². The maximum atomic E-state index is 11.6. The van der Waals surface area contributed by atoms with Gasteiger partial charge in [-0.05, 0) is 11.6 Å². The molecule has 1 aliphatic heterocycles. The van der Waals surface area contributed by atoms with Gasteiger partial charge >= 0.3 is 5.97 Å². The number of benzene rings is 1. The van der Waals surface area contributed by atoms with Crippen LogP contribution in [-0.2, 0) is 11.3 Å². The van der Waals surface area contributed by atoms with Crippen molar-refractivity contribution in [3.63, 3.8) is 0 Å². The Hall–Kier alpha value is -1.39. The molecule has 0 atom stereocenters. The molecule has 0 bridgehead atoms. The average Bonchev–Trinajstić information content (AvgIpc) is 2.40. The number of rotatable bonds is 3. The molecular formula is C13H18N2O2. The van der Waals surface area contributed by atoms with E-state index in [1.54, 1.807) is 0 Å².